The summed E-state index contributed by atoms with van der Waals surface area (Å²) in [7, 11) is -3.83. The van der Waals surface area contributed by atoms with Crippen LogP contribution in [0.5, 0.6) is 0 Å². The van der Waals surface area contributed by atoms with Crippen molar-refractivity contribution in [3.63, 3.8) is 0 Å². The maximum atomic E-state index is 12.6. The molecule has 2 aliphatic rings. The van der Waals surface area contributed by atoms with E-state index in [0.717, 1.165) is 19.1 Å². The fraction of sp³-hybridized carbons (Fsp3) is 0.500. The third-order valence-electron chi connectivity index (χ3n) is 5.74. The van der Waals surface area contributed by atoms with Gasteiger partial charge in [0.05, 0.1) is 18.6 Å². The molecule has 1 saturated carbocycles. The number of rotatable bonds is 6. The van der Waals surface area contributed by atoms with Gasteiger partial charge >= 0.3 is 6.03 Å². The third-order valence-corrected chi connectivity index (χ3v) is 7.77. The molecule has 0 aromatic carbocycles. The van der Waals surface area contributed by atoms with Crippen molar-refractivity contribution in [1.29, 1.82) is 0 Å². The van der Waals surface area contributed by atoms with Crippen LogP contribution in [0.4, 0.5) is 4.79 Å². The average Bonchev–Trinajstić information content (AvgIpc) is 3.28. The zero-order chi connectivity index (χ0) is 22.2. The van der Waals surface area contributed by atoms with Gasteiger partial charge in [0.25, 0.3) is 5.91 Å². The molecule has 1 aromatic heterocycles. The SMILES string of the molecule is CC(CCN1Cc2cc(C#CC#CC3(CO)CC3)cn2C1=O)(C(=O)NO)S(C)(=O)=O. The fourth-order valence-electron chi connectivity index (χ4n) is 3.14. The minimum Gasteiger partial charge on any atom is -0.395 e. The van der Waals surface area contributed by atoms with Crippen molar-refractivity contribution in [1.82, 2.24) is 14.9 Å². The molecule has 0 radical (unpaired) electrons. The molecule has 10 heteroatoms. The topological polar surface area (TPSA) is 129 Å². The lowest BCUT2D eigenvalue weighted by molar-refractivity contribution is -0.131. The second-order valence-electron chi connectivity index (χ2n) is 7.93. The molecule has 30 heavy (non-hydrogen) atoms. The molecule has 2 amide bonds. The molecule has 1 aromatic rings. The highest BCUT2D eigenvalue weighted by Gasteiger charge is 2.44. The van der Waals surface area contributed by atoms with Crippen LogP contribution in [0.15, 0.2) is 12.3 Å². The molecule has 3 rings (SSSR count). The number of aliphatic hydroxyl groups is 1. The van der Waals surface area contributed by atoms with Gasteiger partial charge in [0.15, 0.2) is 14.6 Å². The van der Waals surface area contributed by atoms with Crippen LogP contribution < -0.4 is 5.48 Å². The van der Waals surface area contributed by atoms with Gasteiger partial charge in [-0.25, -0.2) is 18.7 Å². The minimum absolute atomic E-state index is 0.0211. The quantitative estimate of drug-likeness (QED) is 0.332. The van der Waals surface area contributed by atoms with Gasteiger partial charge in [-0.15, -0.1) is 0 Å². The summed E-state index contributed by atoms with van der Waals surface area (Å²) in [5.74, 6) is 10.3. The second kappa shape index (κ2) is 7.80. The summed E-state index contributed by atoms with van der Waals surface area (Å²) in [5, 5.41) is 18.1. The van der Waals surface area contributed by atoms with Crippen LogP contribution in [0.25, 0.3) is 0 Å². The van der Waals surface area contributed by atoms with Crippen molar-refractivity contribution in [3.8, 4) is 23.7 Å². The summed E-state index contributed by atoms with van der Waals surface area (Å²) in [5.41, 5.74) is 2.42. The summed E-state index contributed by atoms with van der Waals surface area (Å²) in [6, 6.07) is 1.41. The average molecular weight is 433 g/mol. The highest BCUT2D eigenvalue weighted by Crippen LogP contribution is 2.44. The Morgan fingerprint density at radius 2 is 2.07 bits per heavy atom. The van der Waals surface area contributed by atoms with Crippen LogP contribution in [0.3, 0.4) is 0 Å². The molecule has 0 bridgehead atoms. The molecule has 0 saturated heterocycles. The predicted octanol–water partition coefficient (Wildman–Crippen LogP) is 0.0980. The smallest absolute Gasteiger partial charge is 0.328 e. The van der Waals surface area contributed by atoms with Gasteiger partial charge in [0.1, 0.15) is 0 Å². The first-order chi connectivity index (χ1) is 14.0. The number of aliphatic hydroxyl groups excluding tert-OH is 1. The molecular weight excluding hydrogens is 410 g/mol. The first kappa shape index (κ1) is 21.9. The number of aromatic nitrogens is 1. The number of hydrogen-bond donors (Lipinski definition) is 3. The van der Waals surface area contributed by atoms with E-state index < -0.39 is 20.5 Å². The van der Waals surface area contributed by atoms with E-state index in [1.807, 2.05) is 0 Å². The van der Waals surface area contributed by atoms with Crippen LogP contribution in [0, 0.1) is 29.1 Å². The number of hydrogen-bond acceptors (Lipinski definition) is 6. The van der Waals surface area contributed by atoms with E-state index >= 15 is 0 Å². The second-order valence-corrected chi connectivity index (χ2v) is 10.4. The first-order valence-corrected chi connectivity index (χ1v) is 11.2. The van der Waals surface area contributed by atoms with Gasteiger partial charge in [0, 0.05) is 30.3 Å². The monoisotopic (exact) mass is 433 g/mol. The summed E-state index contributed by atoms with van der Waals surface area (Å²) >= 11 is 0. The number of fused-ring (bicyclic) bond motifs is 1. The number of hydroxylamine groups is 1. The Bertz CT molecular complexity index is 1110. The van der Waals surface area contributed by atoms with Gasteiger partial charge in [0.2, 0.25) is 0 Å². The largest absolute Gasteiger partial charge is 0.395 e. The lowest BCUT2D eigenvalue weighted by Crippen LogP contribution is -2.50. The van der Waals surface area contributed by atoms with Crippen LogP contribution in [-0.4, -0.2) is 64.3 Å². The van der Waals surface area contributed by atoms with E-state index in [4.69, 9.17) is 5.21 Å². The Labute approximate surface area is 174 Å². The molecule has 2 heterocycles. The molecule has 9 nitrogen and oxygen atoms in total. The normalized spacial score (nSPS) is 18.4. The van der Waals surface area contributed by atoms with E-state index in [2.05, 4.69) is 23.7 Å². The molecular formula is C20H23N3O6S. The van der Waals surface area contributed by atoms with Crippen LogP contribution in [0.1, 0.15) is 37.4 Å². The van der Waals surface area contributed by atoms with E-state index in [9.17, 15) is 23.1 Å². The Balaban J connectivity index is 1.66. The highest BCUT2D eigenvalue weighted by molar-refractivity contribution is 7.92. The Morgan fingerprint density at radius 1 is 1.37 bits per heavy atom. The van der Waals surface area contributed by atoms with Gasteiger partial charge in [-0.1, -0.05) is 11.8 Å². The Kier molecular flexibility index (Phi) is 5.70. The predicted molar refractivity (Wildman–Crippen MR) is 107 cm³/mol. The van der Waals surface area contributed by atoms with Gasteiger partial charge in [-0.2, -0.15) is 0 Å². The molecule has 160 valence electrons. The number of carbonyl (C=O) groups excluding carboxylic acids is 2. The van der Waals surface area contributed by atoms with Gasteiger partial charge in [-0.05, 0) is 44.1 Å². The summed E-state index contributed by atoms with van der Waals surface area (Å²) < 4.78 is 23.7. The Morgan fingerprint density at radius 3 is 2.60 bits per heavy atom. The van der Waals surface area contributed by atoms with Crippen LogP contribution in [-0.2, 0) is 21.2 Å². The summed E-state index contributed by atoms with van der Waals surface area (Å²) in [4.78, 5) is 25.9. The fourth-order valence-corrected chi connectivity index (χ4v) is 3.99. The number of nitrogens with one attached hydrogen (secondary N) is 1. The number of nitrogens with zero attached hydrogens (tertiary/aromatic N) is 2. The molecule has 1 unspecified atom stereocenters. The van der Waals surface area contributed by atoms with Crippen molar-refractivity contribution < 1.29 is 28.3 Å². The number of sulfone groups is 1. The zero-order valence-electron chi connectivity index (χ0n) is 16.7. The van der Waals surface area contributed by atoms with E-state index in [1.165, 1.54) is 21.9 Å². The number of carbonyl (C=O) groups is 2. The van der Waals surface area contributed by atoms with E-state index in [1.54, 1.807) is 12.3 Å². The van der Waals surface area contributed by atoms with Gasteiger partial charge in [-0.3, -0.25) is 14.6 Å². The molecule has 1 aliphatic carbocycles. The van der Waals surface area contributed by atoms with Crippen molar-refractivity contribution >= 4 is 21.8 Å². The molecule has 0 spiro atoms. The standard InChI is InChI=1S/C20H23N3O6S/c1-19(17(25)21-27,30(2,28)29)9-10-22-13-16-11-15(12-23(16)18(22)26)5-3-4-6-20(14-24)7-8-20/h11-12,24,27H,7-10,13-14H2,1-2H3,(H,21,25). The maximum Gasteiger partial charge on any atom is 0.328 e. The van der Waals surface area contributed by atoms with Crippen LogP contribution >= 0.6 is 0 Å². The van der Waals surface area contributed by atoms with Crippen molar-refractivity contribution in [2.45, 2.75) is 37.5 Å². The zero-order valence-corrected chi connectivity index (χ0v) is 17.5. The number of amides is 2. The summed E-state index contributed by atoms with van der Waals surface area (Å²) in [6.07, 6.45) is 4.09. The third kappa shape index (κ3) is 4.08. The molecule has 1 fully saturated rings. The van der Waals surface area contributed by atoms with Crippen LogP contribution in [0.2, 0.25) is 0 Å². The molecule has 1 atom stereocenters. The lowest BCUT2D eigenvalue weighted by Gasteiger charge is -2.27. The minimum atomic E-state index is -3.83. The van der Waals surface area contributed by atoms with E-state index in [0.29, 0.717) is 11.3 Å². The van der Waals surface area contributed by atoms with Crippen molar-refractivity contribution in [2.24, 2.45) is 5.41 Å². The highest BCUT2D eigenvalue weighted by atomic mass is 32.2. The van der Waals surface area contributed by atoms with Crippen molar-refractivity contribution in [2.75, 3.05) is 19.4 Å². The van der Waals surface area contributed by atoms with E-state index in [-0.39, 0.29) is 37.6 Å². The Hall–Kier alpha value is -2.79. The molecule has 1 aliphatic heterocycles. The van der Waals surface area contributed by atoms with Crippen molar-refractivity contribution in [3.05, 3.63) is 23.5 Å². The molecule has 3 N–H and O–H groups in total. The lowest BCUT2D eigenvalue weighted by atomic mass is 10.1. The summed E-state index contributed by atoms with van der Waals surface area (Å²) in [6.45, 7) is 1.52. The maximum absolute atomic E-state index is 12.6. The first-order valence-electron chi connectivity index (χ1n) is 9.34. The van der Waals surface area contributed by atoms with Gasteiger partial charge < -0.3 is 10.0 Å².